The van der Waals surface area contributed by atoms with Crippen LogP contribution in [0.15, 0.2) is 58.2 Å². The van der Waals surface area contributed by atoms with Gasteiger partial charge in [-0.2, -0.15) is 13.2 Å². The van der Waals surface area contributed by atoms with Crippen molar-refractivity contribution in [2.24, 2.45) is 0 Å². The highest BCUT2D eigenvalue weighted by Gasteiger charge is 2.28. The van der Waals surface area contributed by atoms with E-state index in [0.717, 1.165) is 30.3 Å². The molecular weight excluding hydrogens is 430 g/mol. The molecule has 1 heterocycles. The zero-order valence-corrected chi connectivity index (χ0v) is 15.7. The number of sulfonamides is 1. The zero-order valence-electron chi connectivity index (χ0n) is 14.9. The molecule has 0 bridgehead atoms. The van der Waals surface area contributed by atoms with Gasteiger partial charge in [0, 0.05) is 22.7 Å². The fraction of sp³-hybridized carbons (Fsp3) is 0.111. The maximum atomic E-state index is 13.0. The number of fused-ring (bicyclic) bond motifs is 1. The lowest BCUT2D eigenvalue weighted by Gasteiger charge is -2.12. The van der Waals surface area contributed by atoms with Gasteiger partial charge in [0.25, 0.3) is 15.9 Å². The predicted octanol–water partition coefficient (Wildman–Crippen LogP) is 2.76. The standard InChI is InChI=1S/C18H13F4N3O4S/c19-10-1-3-11(4-2-10)25-30(28,29)12-5-6-15-13(7-12)14(8-16(26)24-15)17(27)23-9-18(20,21)22/h1-8,25H,9H2,(H,23,27)(H,24,26). The third kappa shape index (κ3) is 4.95. The number of nitrogens with one attached hydrogen (secondary N) is 3. The van der Waals surface area contributed by atoms with Crippen molar-refractivity contribution in [1.29, 1.82) is 0 Å². The summed E-state index contributed by atoms with van der Waals surface area (Å²) in [5, 5.41) is 1.57. The summed E-state index contributed by atoms with van der Waals surface area (Å²) < 4.78 is 77.6. The van der Waals surface area contributed by atoms with Gasteiger partial charge in [0.1, 0.15) is 12.4 Å². The molecule has 2 aromatic carbocycles. The SMILES string of the molecule is O=C(NCC(F)(F)F)c1cc(=O)[nH]c2ccc(S(=O)(=O)Nc3ccc(F)cc3)cc12. The molecule has 3 N–H and O–H groups in total. The Morgan fingerprint density at radius 3 is 2.33 bits per heavy atom. The van der Waals surface area contributed by atoms with Crippen molar-refractivity contribution >= 4 is 32.5 Å². The Bertz CT molecular complexity index is 1270. The number of alkyl halides is 3. The molecule has 158 valence electrons. The van der Waals surface area contributed by atoms with Gasteiger partial charge < -0.3 is 10.3 Å². The van der Waals surface area contributed by atoms with E-state index in [1.807, 2.05) is 0 Å². The van der Waals surface area contributed by atoms with E-state index in [-0.39, 0.29) is 21.5 Å². The van der Waals surface area contributed by atoms with E-state index in [2.05, 4.69) is 9.71 Å². The number of pyridine rings is 1. The molecule has 0 fully saturated rings. The van der Waals surface area contributed by atoms with Crippen LogP contribution >= 0.6 is 0 Å². The van der Waals surface area contributed by atoms with E-state index >= 15 is 0 Å². The van der Waals surface area contributed by atoms with Crippen molar-refractivity contribution in [3.8, 4) is 0 Å². The van der Waals surface area contributed by atoms with Crippen LogP contribution in [-0.4, -0.2) is 32.0 Å². The van der Waals surface area contributed by atoms with Crippen LogP contribution in [0.4, 0.5) is 23.2 Å². The summed E-state index contributed by atoms with van der Waals surface area (Å²) in [7, 11) is -4.18. The van der Waals surface area contributed by atoms with Gasteiger partial charge in [-0.05, 0) is 42.5 Å². The zero-order chi connectivity index (χ0) is 22.1. The third-order valence-electron chi connectivity index (χ3n) is 3.92. The molecule has 3 rings (SSSR count). The van der Waals surface area contributed by atoms with E-state index in [1.54, 1.807) is 5.32 Å². The fourth-order valence-corrected chi connectivity index (χ4v) is 3.68. The Labute approximate surface area is 166 Å². The summed E-state index contributed by atoms with van der Waals surface area (Å²) in [6.07, 6.45) is -4.67. The molecule has 0 aliphatic heterocycles. The number of aromatic amines is 1. The van der Waals surface area contributed by atoms with E-state index in [9.17, 15) is 35.6 Å². The summed E-state index contributed by atoms with van der Waals surface area (Å²) in [5.41, 5.74) is -1.04. The first-order chi connectivity index (χ1) is 13.9. The molecule has 0 radical (unpaired) electrons. The van der Waals surface area contributed by atoms with Crippen molar-refractivity contribution in [2.45, 2.75) is 11.1 Å². The van der Waals surface area contributed by atoms with Crippen LogP contribution in [0.5, 0.6) is 0 Å². The fourth-order valence-electron chi connectivity index (χ4n) is 2.60. The minimum absolute atomic E-state index is 0.0559. The molecule has 12 heteroatoms. The average molecular weight is 443 g/mol. The number of hydrogen-bond donors (Lipinski definition) is 3. The van der Waals surface area contributed by atoms with Gasteiger partial charge in [-0.25, -0.2) is 12.8 Å². The Morgan fingerprint density at radius 2 is 1.70 bits per heavy atom. The Kier molecular flexibility index (Phi) is 5.53. The monoisotopic (exact) mass is 443 g/mol. The number of halogens is 4. The average Bonchev–Trinajstić information content (AvgIpc) is 2.66. The summed E-state index contributed by atoms with van der Waals surface area (Å²) in [4.78, 5) is 26.0. The maximum Gasteiger partial charge on any atom is 0.405 e. The number of H-pyrrole nitrogens is 1. The third-order valence-corrected chi connectivity index (χ3v) is 5.29. The molecule has 0 saturated carbocycles. The van der Waals surface area contributed by atoms with Gasteiger partial charge in [-0.15, -0.1) is 0 Å². The van der Waals surface area contributed by atoms with Crippen molar-refractivity contribution in [2.75, 3.05) is 11.3 Å². The number of benzene rings is 2. The quantitative estimate of drug-likeness (QED) is 0.527. The van der Waals surface area contributed by atoms with Crippen molar-refractivity contribution in [3.63, 3.8) is 0 Å². The van der Waals surface area contributed by atoms with E-state index in [4.69, 9.17) is 0 Å². The van der Waals surface area contributed by atoms with Gasteiger partial charge >= 0.3 is 6.18 Å². The maximum absolute atomic E-state index is 13.0. The van der Waals surface area contributed by atoms with Crippen LogP contribution in [0.2, 0.25) is 0 Å². The van der Waals surface area contributed by atoms with Crippen LogP contribution in [-0.2, 0) is 10.0 Å². The normalized spacial score (nSPS) is 12.0. The summed E-state index contributed by atoms with van der Waals surface area (Å²) in [6, 6.07) is 8.65. The molecule has 0 aliphatic rings. The molecule has 1 aromatic heterocycles. The number of rotatable bonds is 5. The van der Waals surface area contributed by atoms with Crippen LogP contribution in [0.3, 0.4) is 0 Å². The smallest absolute Gasteiger partial charge is 0.343 e. The highest BCUT2D eigenvalue weighted by atomic mass is 32.2. The second-order valence-corrected chi connectivity index (χ2v) is 7.85. The molecule has 3 aromatic rings. The lowest BCUT2D eigenvalue weighted by Crippen LogP contribution is -2.34. The van der Waals surface area contributed by atoms with Crippen molar-refractivity contribution in [3.05, 3.63) is 70.3 Å². The number of amides is 1. The van der Waals surface area contributed by atoms with E-state index in [1.165, 1.54) is 18.2 Å². The molecule has 1 amide bonds. The molecule has 0 atom stereocenters. The number of hydrogen-bond acceptors (Lipinski definition) is 4. The molecule has 0 aliphatic carbocycles. The molecular formula is C18H13F4N3O4S. The van der Waals surface area contributed by atoms with Gasteiger partial charge in [0.15, 0.2) is 0 Å². The van der Waals surface area contributed by atoms with Gasteiger partial charge in [-0.1, -0.05) is 0 Å². The number of anilines is 1. The van der Waals surface area contributed by atoms with Gasteiger partial charge in [-0.3, -0.25) is 14.3 Å². The first kappa shape index (κ1) is 21.3. The molecule has 0 saturated heterocycles. The van der Waals surface area contributed by atoms with Gasteiger partial charge in [0.05, 0.1) is 10.5 Å². The van der Waals surface area contributed by atoms with Crippen LogP contribution in [0.25, 0.3) is 10.9 Å². The van der Waals surface area contributed by atoms with E-state index < -0.39 is 45.6 Å². The van der Waals surface area contributed by atoms with Crippen molar-refractivity contribution < 1.29 is 30.8 Å². The first-order valence-electron chi connectivity index (χ1n) is 8.25. The predicted molar refractivity (Wildman–Crippen MR) is 100 cm³/mol. The first-order valence-corrected chi connectivity index (χ1v) is 9.73. The van der Waals surface area contributed by atoms with Crippen molar-refractivity contribution in [1.82, 2.24) is 10.3 Å². The van der Waals surface area contributed by atoms with Crippen LogP contribution in [0, 0.1) is 5.82 Å². The number of aromatic nitrogens is 1. The Morgan fingerprint density at radius 1 is 1.03 bits per heavy atom. The Balaban J connectivity index is 2.01. The molecule has 0 spiro atoms. The van der Waals surface area contributed by atoms with E-state index in [0.29, 0.717) is 0 Å². The number of carbonyl (C=O) groups excluding carboxylic acids is 1. The number of carbonyl (C=O) groups is 1. The lowest BCUT2D eigenvalue weighted by molar-refractivity contribution is -0.123. The minimum atomic E-state index is -4.67. The second-order valence-electron chi connectivity index (χ2n) is 6.16. The molecule has 30 heavy (non-hydrogen) atoms. The topological polar surface area (TPSA) is 108 Å². The largest absolute Gasteiger partial charge is 0.405 e. The highest BCUT2D eigenvalue weighted by molar-refractivity contribution is 7.92. The summed E-state index contributed by atoms with van der Waals surface area (Å²) in [5.74, 6) is -1.76. The van der Waals surface area contributed by atoms with Crippen LogP contribution < -0.4 is 15.6 Å². The highest BCUT2D eigenvalue weighted by Crippen LogP contribution is 2.23. The summed E-state index contributed by atoms with van der Waals surface area (Å²) >= 11 is 0. The Hall–Kier alpha value is -3.41. The lowest BCUT2D eigenvalue weighted by atomic mass is 10.1. The second kappa shape index (κ2) is 7.78. The van der Waals surface area contributed by atoms with Gasteiger partial charge in [0.2, 0.25) is 5.56 Å². The summed E-state index contributed by atoms with van der Waals surface area (Å²) in [6.45, 7) is -1.62. The van der Waals surface area contributed by atoms with Crippen LogP contribution in [0.1, 0.15) is 10.4 Å². The molecule has 7 nitrogen and oxygen atoms in total. The molecule has 0 unspecified atom stereocenters. The minimum Gasteiger partial charge on any atom is -0.343 e.